The van der Waals surface area contributed by atoms with Crippen molar-refractivity contribution in [1.82, 2.24) is 9.80 Å². The molecule has 0 spiro atoms. The number of nitrogens with zero attached hydrogens (tertiary/aromatic N) is 2. The maximum Gasteiger partial charge on any atom is 0.0196 e. The second kappa shape index (κ2) is 6.50. The molecule has 2 saturated carbocycles. The van der Waals surface area contributed by atoms with Crippen LogP contribution in [0, 0.1) is 45.3 Å². The zero-order chi connectivity index (χ0) is 21.8. The molecule has 4 fully saturated rings. The second-order valence-corrected chi connectivity index (χ2v) is 14.7. The molecule has 0 N–H and O–H groups in total. The van der Waals surface area contributed by atoms with Crippen molar-refractivity contribution in [1.29, 1.82) is 0 Å². The Balaban J connectivity index is 1.14. The summed E-state index contributed by atoms with van der Waals surface area (Å²) in [6, 6.07) is 0. The van der Waals surface area contributed by atoms with E-state index in [9.17, 15) is 0 Å². The van der Waals surface area contributed by atoms with Gasteiger partial charge in [0.1, 0.15) is 0 Å². The van der Waals surface area contributed by atoms with Gasteiger partial charge in [-0.1, -0.05) is 64.8 Å². The van der Waals surface area contributed by atoms with Crippen LogP contribution >= 0.6 is 0 Å². The Hall–Kier alpha value is -0.600. The van der Waals surface area contributed by atoms with Crippen molar-refractivity contribution < 1.29 is 0 Å². The minimum Gasteiger partial charge on any atom is -0.298 e. The average Bonchev–Trinajstić information content (AvgIpc) is 2.65. The molecule has 6 aliphatic carbocycles. The normalized spacial score (nSPS) is 47.7. The van der Waals surface area contributed by atoms with Crippen LogP contribution in [0.25, 0.3) is 0 Å². The number of fused-ring (bicyclic) bond motifs is 4. The molecule has 0 aromatic carbocycles. The highest BCUT2D eigenvalue weighted by Crippen LogP contribution is 2.60. The van der Waals surface area contributed by atoms with Crippen molar-refractivity contribution in [3.05, 3.63) is 23.3 Å². The Morgan fingerprint density at radius 2 is 1.06 bits per heavy atom. The van der Waals surface area contributed by atoms with Gasteiger partial charge in [-0.25, -0.2) is 0 Å². The molecule has 8 aliphatic rings. The molecule has 0 amide bonds. The van der Waals surface area contributed by atoms with E-state index >= 15 is 0 Å². The van der Waals surface area contributed by atoms with E-state index in [4.69, 9.17) is 0 Å². The van der Waals surface area contributed by atoms with Gasteiger partial charge in [0, 0.05) is 39.3 Å². The fraction of sp³-hybridized carbons (Fsp3) is 0.862. The first-order valence-corrected chi connectivity index (χ1v) is 13.3. The van der Waals surface area contributed by atoms with Gasteiger partial charge in [0.15, 0.2) is 0 Å². The molecule has 2 saturated heterocycles. The molecular formula is C29H46N2. The van der Waals surface area contributed by atoms with Gasteiger partial charge in [-0.05, 0) is 77.4 Å². The van der Waals surface area contributed by atoms with Gasteiger partial charge in [0.2, 0.25) is 0 Å². The fourth-order valence-electron chi connectivity index (χ4n) is 9.68. The smallest absolute Gasteiger partial charge is 0.0196 e. The highest BCUT2D eigenvalue weighted by molar-refractivity contribution is 5.26. The number of rotatable bonds is 4. The molecule has 0 unspecified atom stereocenters. The Labute approximate surface area is 191 Å². The summed E-state index contributed by atoms with van der Waals surface area (Å²) < 4.78 is 0. The third kappa shape index (κ3) is 3.17. The van der Waals surface area contributed by atoms with E-state index in [1.807, 2.05) is 0 Å². The molecule has 0 aromatic rings. The van der Waals surface area contributed by atoms with Crippen molar-refractivity contribution in [3.8, 4) is 0 Å². The second-order valence-electron chi connectivity index (χ2n) is 14.7. The van der Waals surface area contributed by atoms with Crippen LogP contribution in [0.5, 0.6) is 0 Å². The predicted octanol–water partition coefficient (Wildman–Crippen LogP) is 6.01. The van der Waals surface area contributed by atoms with Gasteiger partial charge < -0.3 is 0 Å². The van der Waals surface area contributed by atoms with E-state index in [-0.39, 0.29) is 0 Å². The summed E-state index contributed by atoms with van der Waals surface area (Å²) in [7, 11) is 0. The molecule has 6 bridgehead atoms. The van der Waals surface area contributed by atoms with Crippen LogP contribution in [0.15, 0.2) is 23.3 Å². The third-order valence-electron chi connectivity index (χ3n) is 11.3. The summed E-state index contributed by atoms with van der Waals surface area (Å²) in [5.41, 5.74) is 5.58. The Morgan fingerprint density at radius 3 is 1.39 bits per heavy atom. The standard InChI is InChI=1S/C29H46N2/c1-26(2)22-9-7-20(24(26)11-22)13-30-16-28(5)15-29(6,17-30)19-31(18-28)14-21-8-10-23-12-25(21)27(23,3)4/h7-8,22-25H,9-19H2,1-6H3/t22-,23-,24-,25-,28?,29?/m0/s1. The first-order chi connectivity index (χ1) is 14.5. The van der Waals surface area contributed by atoms with Gasteiger partial charge in [0.25, 0.3) is 0 Å². The lowest BCUT2D eigenvalue weighted by Crippen LogP contribution is -2.63. The van der Waals surface area contributed by atoms with Gasteiger partial charge >= 0.3 is 0 Å². The van der Waals surface area contributed by atoms with E-state index in [2.05, 4.69) is 63.5 Å². The summed E-state index contributed by atoms with van der Waals surface area (Å²) >= 11 is 0. The molecule has 172 valence electrons. The summed E-state index contributed by atoms with van der Waals surface area (Å²) in [4.78, 5) is 5.72. The molecule has 8 rings (SSSR count). The Kier molecular flexibility index (Phi) is 4.40. The monoisotopic (exact) mass is 422 g/mol. The first-order valence-electron chi connectivity index (χ1n) is 13.3. The molecular weight excluding hydrogens is 376 g/mol. The van der Waals surface area contributed by atoms with Crippen LogP contribution < -0.4 is 0 Å². The van der Waals surface area contributed by atoms with Gasteiger partial charge in [-0.15, -0.1) is 0 Å². The molecule has 2 aliphatic heterocycles. The SMILES string of the molecule is CC12CN(CC3=CC[C@H]4C[C@@H]3C4(C)C)CC(C)(CN(CC3=CC[C@H]4C[C@@H]3C4(C)C)C1)C2. The highest BCUT2D eigenvalue weighted by Gasteiger charge is 2.54. The fourth-order valence-corrected chi connectivity index (χ4v) is 9.68. The highest BCUT2D eigenvalue weighted by atomic mass is 15.2. The number of piperidine rings is 2. The predicted molar refractivity (Wildman–Crippen MR) is 130 cm³/mol. The minimum absolute atomic E-state index is 0.449. The van der Waals surface area contributed by atoms with Crippen LogP contribution in [0.2, 0.25) is 0 Å². The Bertz CT molecular complexity index is 750. The van der Waals surface area contributed by atoms with Crippen molar-refractivity contribution in [2.24, 2.45) is 45.3 Å². The summed E-state index contributed by atoms with van der Waals surface area (Å²) in [5.74, 6) is 3.63. The zero-order valence-corrected chi connectivity index (χ0v) is 21.1. The van der Waals surface area contributed by atoms with E-state index in [1.165, 1.54) is 71.4 Å². The minimum atomic E-state index is 0.449. The lowest BCUT2D eigenvalue weighted by Gasteiger charge is -2.60. The van der Waals surface area contributed by atoms with Crippen molar-refractivity contribution in [3.63, 3.8) is 0 Å². The zero-order valence-electron chi connectivity index (χ0n) is 21.1. The van der Waals surface area contributed by atoms with Gasteiger partial charge in [0.05, 0.1) is 0 Å². The maximum absolute atomic E-state index is 2.86. The van der Waals surface area contributed by atoms with Crippen LogP contribution in [0.4, 0.5) is 0 Å². The van der Waals surface area contributed by atoms with Crippen molar-refractivity contribution in [2.45, 2.75) is 73.6 Å². The topological polar surface area (TPSA) is 6.48 Å². The molecule has 2 heterocycles. The van der Waals surface area contributed by atoms with Gasteiger partial charge in [-0.2, -0.15) is 0 Å². The molecule has 4 atom stereocenters. The quantitative estimate of drug-likeness (QED) is 0.512. The van der Waals surface area contributed by atoms with Crippen LogP contribution in [0.3, 0.4) is 0 Å². The van der Waals surface area contributed by atoms with Crippen molar-refractivity contribution >= 4 is 0 Å². The lowest BCUT2D eigenvalue weighted by atomic mass is 9.48. The number of hydrogen-bond acceptors (Lipinski definition) is 2. The van der Waals surface area contributed by atoms with Gasteiger partial charge in [-0.3, -0.25) is 9.80 Å². The Morgan fingerprint density at radius 1 is 0.677 bits per heavy atom. The molecule has 0 radical (unpaired) electrons. The molecule has 2 heteroatoms. The number of allylic oxidation sites excluding steroid dienone is 2. The average molecular weight is 423 g/mol. The van der Waals surface area contributed by atoms with Crippen LogP contribution in [0.1, 0.15) is 73.6 Å². The van der Waals surface area contributed by atoms with Crippen LogP contribution in [-0.4, -0.2) is 49.1 Å². The largest absolute Gasteiger partial charge is 0.298 e. The maximum atomic E-state index is 2.86. The molecule has 2 nitrogen and oxygen atoms in total. The van der Waals surface area contributed by atoms with Crippen molar-refractivity contribution in [2.75, 3.05) is 39.3 Å². The number of likely N-dealkylation sites (tertiary alicyclic amines) is 2. The number of hydrogen-bond donors (Lipinski definition) is 0. The van der Waals surface area contributed by atoms with E-state index in [0.717, 1.165) is 23.7 Å². The van der Waals surface area contributed by atoms with E-state index in [0.29, 0.717) is 21.7 Å². The first kappa shape index (κ1) is 21.0. The summed E-state index contributed by atoms with van der Waals surface area (Å²) in [6.07, 6.45) is 12.3. The lowest BCUT2D eigenvalue weighted by molar-refractivity contribution is -0.0774. The molecule has 31 heavy (non-hydrogen) atoms. The van der Waals surface area contributed by atoms with E-state index in [1.54, 1.807) is 11.1 Å². The third-order valence-corrected chi connectivity index (χ3v) is 11.3. The van der Waals surface area contributed by atoms with Crippen LogP contribution in [-0.2, 0) is 0 Å². The summed E-state index contributed by atoms with van der Waals surface area (Å²) in [6.45, 7) is 23.0. The molecule has 0 aromatic heterocycles. The summed E-state index contributed by atoms with van der Waals surface area (Å²) in [5, 5.41) is 0. The van der Waals surface area contributed by atoms with E-state index < -0.39 is 0 Å².